The van der Waals surface area contributed by atoms with Gasteiger partial charge < -0.3 is 20.5 Å². The zero-order valence-corrected chi connectivity index (χ0v) is 14.8. The number of benzene rings is 1. The van der Waals surface area contributed by atoms with E-state index in [9.17, 15) is 9.18 Å². The Hall–Kier alpha value is -2.77. The highest BCUT2D eigenvalue weighted by molar-refractivity contribution is 5.69. The maximum atomic E-state index is 13.9. The van der Waals surface area contributed by atoms with Crippen molar-refractivity contribution in [3.8, 4) is 16.9 Å². The molecule has 0 fully saturated rings. The van der Waals surface area contributed by atoms with Crippen LogP contribution in [0.3, 0.4) is 0 Å². The Kier molecular flexibility index (Phi) is 5.51. The fraction of sp³-hybridized carbons (Fsp3) is 0.412. The van der Waals surface area contributed by atoms with E-state index in [0.717, 1.165) is 5.56 Å². The maximum Gasteiger partial charge on any atom is 0.407 e. The number of nitrogens with zero attached hydrogens (tertiary/aromatic N) is 2. The number of hydrogen-bond donors (Lipinski definition) is 2. The van der Waals surface area contributed by atoms with Crippen LogP contribution in [0, 0.1) is 5.82 Å². The topological polar surface area (TPSA) is 91.4 Å². The summed E-state index contributed by atoms with van der Waals surface area (Å²) in [5, 5.41) is 6.85. The van der Waals surface area contributed by atoms with Gasteiger partial charge in [0.25, 0.3) is 0 Å². The number of aromatic nitrogens is 2. The van der Waals surface area contributed by atoms with E-state index in [-0.39, 0.29) is 11.4 Å². The minimum absolute atomic E-state index is 0.0276. The van der Waals surface area contributed by atoms with Crippen LogP contribution in [-0.2, 0) is 11.3 Å². The van der Waals surface area contributed by atoms with Gasteiger partial charge in [-0.15, -0.1) is 0 Å². The number of anilines is 1. The lowest BCUT2D eigenvalue weighted by Crippen LogP contribution is -2.34. The summed E-state index contributed by atoms with van der Waals surface area (Å²) < 4.78 is 25.7. The monoisotopic (exact) mass is 350 g/mol. The van der Waals surface area contributed by atoms with Crippen LogP contribution in [0.2, 0.25) is 0 Å². The smallest absolute Gasteiger partial charge is 0.407 e. The summed E-state index contributed by atoms with van der Waals surface area (Å²) in [7, 11) is 1.43. The van der Waals surface area contributed by atoms with Gasteiger partial charge in [0, 0.05) is 18.3 Å². The molecule has 0 radical (unpaired) electrons. The molecule has 2 aromatic rings. The third kappa shape index (κ3) is 5.10. The molecule has 0 bridgehead atoms. The number of nitrogens with two attached hydrogens (primary N) is 1. The van der Waals surface area contributed by atoms with Crippen LogP contribution in [0.1, 0.15) is 20.8 Å². The molecule has 0 saturated heterocycles. The van der Waals surface area contributed by atoms with Crippen molar-refractivity contribution >= 4 is 11.8 Å². The van der Waals surface area contributed by atoms with Crippen LogP contribution >= 0.6 is 0 Å². The molecular formula is C17H23FN4O3. The van der Waals surface area contributed by atoms with Crippen LogP contribution in [0.4, 0.5) is 14.9 Å². The summed E-state index contributed by atoms with van der Waals surface area (Å²) in [6, 6.07) is 2.98. The number of nitrogens with one attached hydrogen (secondary N) is 1. The fourth-order valence-corrected chi connectivity index (χ4v) is 2.15. The zero-order chi connectivity index (χ0) is 18.6. The predicted octanol–water partition coefficient (Wildman–Crippen LogP) is 2.80. The Morgan fingerprint density at radius 1 is 1.36 bits per heavy atom. The molecule has 0 aliphatic rings. The van der Waals surface area contributed by atoms with Crippen molar-refractivity contribution in [3.63, 3.8) is 0 Å². The van der Waals surface area contributed by atoms with Crippen molar-refractivity contribution < 1.29 is 18.7 Å². The average molecular weight is 350 g/mol. The van der Waals surface area contributed by atoms with Crippen LogP contribution in [0.25, 0.3) is 11.1 Å². The van der Waals surface area contributed by atoms with E-state index in [1.54, 1.807) is 43.9 Å². The number of methoxy groups -OCH3 is 1. The summed E-state index contributed by atoms with van der Waals surface area (Å²) in [5.74, 6) is -0.275. The first-order valence-corrected chi connectivity index (χ1v) is 7.82. The molecule has 3 N–H and O–H groups in total. The van der Waals surface area contributed by atoms with E-state index >= 15 is 0 Å². The third-order valence-electron chi connectivity index (χ3n) is 3.29. The predicted molar refractivity (Wildman–Crippen MR) is 92.8 cm³/mol. The van der Waals surface area contributed by atoms with Gasteiger partial charge in [-0.2, -0.15) is 5.10 Å². The van der Waals surface area contributed by atoms with Crippen molar-refractivity contribution in [2.24, 2.45) is 0 Å². The fourth-order valence-electron chi connectivity index (χ4n) is 2.15. The molecule has 136 valence electrons. The number of halogens is 1. The normalized spacial score (nSPS) is 11.2. The standard InChI is InChI=1S/C17H23FN4O3/c1-17(2,3)25-16(23)20-5-6-22-10-12(9-21-22)11-7-13(18)15(19)14(8-11)24-4/h7-10H,5-6,19H2,1-4H3,(H,20,23). The van der Waals surface area contributed by atoms with E-state index in [2.05, 4.69) is 10.4 Å². The summed E-state index contributed by atoms with van der Waals surface area (Å²) in [5.41, 5.74) is 6.37. The number of ether oxygens (including phenoxy) is 2. The van der Waals surface area contributed by atoms with Crippen LogP contribution in [0.15, 0.2) is 24.5 Å². The first-order valence-electron chi connectivity index (χ1n) is 7.82. The zero-order valence-electron chi connectivity index (χ0n) is 14.8. The van der Waals surface area contributed by atoms with Crippen LogP contribution < -0.4 is 15.8 Å². The van der Waals surface area contributed by atoms with Crippen molar-refractivity contribution in [1.82, 2.24) is 15.1 Å². The van der Waals surface area contributed by atoms with Gasteiger partial charge in [0.05, 0.1) is 19.9 Å². The maximum absolute atomic E-state index is 13.9. The van der Waals surface area contributed by atoms with E-state index in [0.29, 0.717) is 18.7 Å². The highest BCUT2D eigenvalue weighted by Crippen LogP contribution is 2.31. The minimum atomic E-state index is -0.548. The second-order valence-corrected chi connectivity index (χ2v) is 6.49. The lowest BCUT2D eigenvalue weighted by molar-refractivity contribution is 0.0525. The Labute approximate surface area is 145 Å². The third-order valence-corrected chi connectivity index (χ3v) is 3.29. The molecule has 0 saturated carbocycles. The Morgan fingerprint density at radius 2 is 2.08 bits per heavy atom. The Bertz CT molecular complexity index is 753. The van der Waals surface area contributed by atoms with Crippen molar-refractivity contribution in [2.45, 2.75) is 32.9 Å². The average Bonchev–Trinajstić information content (AvgIpc) is 2.97. The summed E-state index contributed by atoms with van der Waals surface area (Å²) in [6.45, 7) is 6.20. The molecular weight excluding hydrogens is 327 g/mol. The number of nitrogen functional groups attached to an aromatic ring is 1. The minimum Gasteiger partial charge on any atom is -0.494 e. The van der Waals surface area contributed by atoms with Gasteiger partial charge in [-0.1, -0.05) is 0 Å². The molecule has 1 aromatic carbocycles. The molecule has 0 aliphatic heterocycles. The molecule has 7 nitrogen and oxygen atoms in total. The molecule has 0 spiro atoms. The second-order valence-electron chi connectivity index (χ2n) is 6.49. The first kappa shape index (κ1) is 18.6. The number of amides is 1. The Morgan fingerprint density at radius 3 is 2.72 bits per heavy atom. The second kappa shape index (κ2) is 7.42. The molecule has 1 heterocycles. The van der Waals surface area contributed by atoms with E-state index in [4.69, 9.17) is 15.2 Å². The number of hydrogen-bond acceptors (Lipinski definition) is 5. The summed E-state index contributed by atoms with van der Waals surface area (Å²) in [6.07, 6.45) is 2.88. The first-order chi connectivity index (χ1) is 11.7. The molecule has 8 heteroatoms. The van der Waals surface area contributed by atoms with Gasteiger partial charge >= 0.3 is 6.09 Å². The number of carbonyl (C=O) groups excluding carboxylic acids is 1. The van der Waals surface area contributed by atoms with E-state index in [1.807, 2.05) is 0 Å². The van der Waals surface area contributed by atoms with Crippen molar-refractivity contribution in [3.05, 3.63) is 30.3 Å². The molecule has 2 rings (SSSR count). The lowest BCUT2D eigenvalue weighted by Gasteiger charge is -2.19. The molecule has 0 atom stereocenters. The van der Waals surface area contributed by atoms with Crippen molar-refractivity contribution in [1.29, 1.82) is 0 Å². The number of alkyl carbamates (subject to hydrolysis) is 1. The Balaban J connectivity index is 1.99. The molecule has 25 heavy (non-hydrogen) atoms. The molecule has 1 aromatic heterocycles. The van der Waals surface area contributed by atoms with E-state index < -0.39 is 17.5 Å². The van der Waals surface area contributed by atoms with Gasteiger partial charge in [0.2, 0.25) is 0 Å². The highest BCUT2D eigenvalue weighted by Gasteiger charge is 2.15. The van der Waals surface area contributed by atoms with Crippen LogP contribution in [-0.4, -0.2) is 35.1 Å². The molecule has 1 amide bonds. The summed E-state index contributed by atoms with van der Waals surface area (Å²) >= 11 is 0. The van der Waals surface area contributed by atoms with E-state index in [1.165, 1.54) is 13.2 Å². The quantitative estimate of drug-likeness (QED) is 0.809. The molecule has 0 unspecified atom stereocenters. The highest BCUT2D eigenvalue weighted by atomic mass is 19.1. The molecule has 0 aliphatic carbocycles. The van der Waals surface area contributed by atoms with Crippen LogP contribution in [0.5, 0.6) is 5.75 Å². The number of carbonyl (C=O) groups is 1. The van der Waals surface area contributed by atoms with Gasteiger partial charge in [0.1, 0.15) is 17.0 Å². The summed E-state index contributed by atoms with van der Waals surface area (Å²) in [4.78, 5) is 11.6. The van der Waals surface area contributed by atoms with Gasteiger partial charge in [-0.3, -0.25) is 4.68 Å². The van der Waals surface area contributed by atoms with Gasteiger partial charge in [-0.05, 0) is 38.5 Å². The van der Waals surface area contributed by atoms with Crippen molar-refractivity contribution in [2.75, 3.05) is 19.4 Å². The lowest BCUT2D eigenvalue weighted by atomic mass is 10.1. The number of rotatable bonds is 5. The largest absolute Gasteiger partial charge is 0.494 e. The van der Waals surface area contributed by atoms with Gasteiger partial charge in [0.15, 0.2) is 5.82 Å². The van der Waals surface area contributed by atoms with Gasteiger partial charge in [-0.25, -0.2) is 9.18 Å². The SMILES string of the molecule is COc1cc(-c2cnn(CCNC(=O)OC(C)(C)C)c2)cc(F)c1N.